The molecule has 1 fully saturated rings. The Bertz CT molecular complexity index is 669. The molecule has 7 nitrogen and oxygen atoms in total. The highest BCUT2D eigenvalue weighted by atomic mass is 16.7. The molecule has 0 N–H and O–H groups in total. The quantitative estimate of drug-likeness (QED) is 0.791. The smallest absolute Gasteiger partial charge is 0.242 e. The molecule has 2 amide bonds. The summed E-state index contributed by atoms with van der Waals surface area (Å²) in [6.07, 6.45) is 0. The van der Waals surface area contributed by atoms with Gasteiger partial charge in [0.15, 0.2) is 11.5 Å². The average Bonchev–Trinajstić information content (AvgIpc) is 3.07. The molecule has 2 aliphatic heterocycles. The molecule has 0 aliphatic carbocycles. The van der Waals surface area contributed by atoms with E-state index < -0.39 is 0 Å². The number of nitrogens with zero attached hydrogens (tertiary/aromatic N) is 3. The summed E-state index contributed by atoms with van der Waals surface area (Å²) in [5.41, 5.74) is 1.18. The van der Waals surface area contributed by atoms with E-state index in [1.807, 2.05) is 30.9 Å². The first kappa shape index (κ1) is 18.5. The van der Waals surface area contributed by atoms with Crippen molar-refractivity contribution < 1.29 is 19.1 Å². The lowest BCUT2D eigenvalue weighted by Gasteiger charge is -2.36. The maximum atomic E-state index is 12.5. The molecular formula is C19H27N3O4. The van der Waals surface area contributed by atoms with Crippen LogP contribution < -0.4 is 9.47 Å². The maximum absolute atomic E-state index is 12.5. The minimum Gasteiger partial charge on any atom is -0.454 e. The average molecular weight is 361 g/mol. The number of benzene rings is 1. The highest BCUT2D eigenvalue weighted by Gasteiger charge is 2.25. The monoisotopic (exact) mass is 361 g/mol. The van der Waals surface area contributed by atoms with E-state index in [0.717, 1.165) is 31.1 Å². The fraction of sp³-hybridized carbons (Fsp3) is 0.579. The van der Waals surface area contributed by atoms with Crippen LogP contribution in [0.2, 0.25) is 0 Å². The van der Waals surface area contributed by atoms with Gasteiger partial charge in [0.25, 0.3) is 0 Å². The molecule has 1 aromatic rings. The number of hydrogen-bond donors (Lipinski definition) is 0. The van der Waals surface area contributed by atoms with Crippen molar-refractivity contribution >= 4 is 11.8 Å². The summed E-state index contributed by atoms with van der Waals surface area (Å²) in [7, 11) is 0. The van der Waals surface area contributed by atoms with Crippen LogP contribution in [0.5, 0.6) is 11.5 Å². The zero-order valence-electron chi connectivity index (χ0n) is 15.7. The summed E-state index contributed by atoms with van der Waals surface area (Å²) in [6, 6.07) is 6.05. The van der Waals surface area contributed by atoms with E-state index in [9.17, 15) is 9.59 Å². The van der Waals surface area contributed by atoms with Crippen LogP contribution in [0.15, 0.2) is 18.2 Å². The molecule has 0 saturated carbocycles. The fourth-order valence-corrected chi connectivity index (χ4v) is 3.36. The third kappa shape index (κ3) is 4.27. The van der Waals surface area contributed by atoms with E-state index >= 15 is 0 Å². The summed E-state index contributed by atoms with van der Waals surface area (Å²) < 4.78 is 10.8. The van der Waals surface area contributed by atoms with Gasteiger partial charge >= 0.3 is 0 Å². The summed E-state index contributed by atoms with van der Waals surface area (Å²) in [6.45, 7) is 9.66. The molecule has 7 heteroatoms. The molecule has 2 heterocycles. The third-order valence-electron chi connectivity index (χ3n) is 4.90. The Morgan fingerprint density at radius 1 is 1.12 bits per heavy atom. The summed E-state index contributed by atoms with van der Waals surface area (Å²) >= 11 is 0. The Kier molecular flexibility index (Phi) is 5.66. The molecule has 0 spiro atoms. The van der Waals surface area contributed by atoms with Crippen LogP contribution >= 0.6 is 0 Å². The van der Waals surface area contributed by atoms with Crippen LogP contribution in [0.1, 0.15) is 26.3 Å². The molecule has 3 rings (SSSR count). The van der Waals surface area contributed by atoms with Gasteiger partial charge in [-0.15, -0.1) is 0 Å². The molecule has 1 saturated heterocycles. The molecular weight excluding hydrogens is 334 g/mol. The lowest BCUT2D eigenvalue weighted by Crippen LogP contribution is -2.52. The molecule has 0 bridgehead atoms. The van der Waals surface area contributed by atoms with Crippen molar-refractivity contribution in [2.75, 3.05) is 39.5 Å². The van der Waals surface area contributed by atoms with Crippen molar-refractivity contribution in [2.45, 2.75) is 33.4 Å². The normalized spacial score (nSPS) is 16.8. The number of fused-ring (bicyclic) bond motifs is 1. The van der Waals surface area contributed by atoms with Crippen molar-refractivity contribution in [3.8, 4) is 11.5 Å². The van der Waals surface area contributed by atoms with E-state index in [-0.39, 0.29) is 31.2 Å². The zero-order chi connectivity index (χ0) is 18.7. The second-order valence-corrected chi connectivity index (χ2v) is 7.09. The van der Waals surface area contributed by atoms with Gasteiger partial charge in [0, 0.05) is 45.7 Å². The van der Waals surface area contributed by atoms with E-state index in [1.54, 1.807) is 4.90 Å². The van der Waals surface area contributed by atoms with E-state index in [2.05, 4.69) is 11.0 Å². The number of carbonyl (C=O) groups excluding carboxylic acids is 2. The minimum absolute atomic E-state index is 0.0247. The topological polar surface area (TPSA) is 62.3 Å². The van der Waals surface area contributed by atoms with E-state index in [0.29, 0.717) is 13.1 Å². The van der Waals surface area contributed by atoms with Gasteiger partial charge < -0.3 is 19.3 Å². The summed E-state index contributed by atoms with van der Waals surface area (Å²) in [5.74, 6) is 1.56. The molecule has 0 atom stereocenters. The first-order chi connectivity index (χ1) is 12.4. The predicted molar refractivity (Wildman–Crippen MR) is 96.9 cm³/mol. The molecule has 0 radical (unpaired) electrons. The van der Waals surface area contributed by atoms with Crippen LogP contribution in [0.3, 0.4) is 0 Å². The van der Waals surface area contributed by atoms with Crippen molar-refractivity contribution in [1.82, 2.24) is 14.7 Å². The minimum atomic E-state index is -0.0604. The largest absolute Gasteiger partial charge is 0.454 e. The molecule has 1 aromatic carbocycles. The van der Waals surface area contributed by atoms with Crippen LogP contribution in [-0.2, 0) is 16.1 Å². The molecule has 26 heavy (non-hydrogen) atoms. The Labute approximate surface area is 154 Å². The van der Waals surface area contributed by atoms with Gasteiger partial charge in [-0.2, -0.15) is 0 Å². The molecule has 2 aliphatic rings. The van der Waals surface area contributed by atoms with Crippen molar-refractivity contribution in [2.24, 2.45) is 0 Å². The molecule has 142 valence electrons. The first-order valence-corrected chi connectivity index (χ1v) is 9.10. The second kappa shape index (κ2) is 7.95. The highest BCUT2D eigenvalue weighted by molar-refractivity contribution is 5.84. The van der Waals surface area contributed by atoms with Gasteiger partial charge in [-0.05, 0) is 31.5 Å². The van der Waals surface area contributed by atoms with Crippen LogP contribution in [0.25, 0.3) is 0 Å². The first-order valence-electron chi connectivity index (χ1n) is 9.10. The SMILES string of the molecule is CC(=O)N(CC(=O)N1CCN(Cc2ccc3c(c2)OCO3)CC1)C(C)C. The van der Waals surface area contributed by atoms with Crippen molar-refractivity contribution in [1.29, 1.82) is 0 Å². The second-order valence-electron chi connectivity index (χ2n) is 7.09. The van der Waals surface area contributed by atoms with E-state index in [4.69, 9.17) is 9.47 Å². The van der Waals surface area contributed by atoms with Crippen molar-refractivity contribution in [3.05, 3.63) is 23.8 Å². The van der Waals surface area contributed by atoms with Crippen LogP contribution in [-0.4, -0.2) is 72.1 Å². The van der Waals surface area contributed by atoms with Crippen LogP contribution in [0.4, 0.5) is 0 Å². The van der Waals surface area contributed by atoms with E-state index in [1.165, 1.54) is 12.5 Å². The Hall–Kier alpha value is -2.28. The maximum Gasteiger partial charge on any atom is 0.242 e. The Morgan fingerprint density at radius 3 is 2.46 bits per heavy atom. The number of rotatable bonds is 5. The number of amides is 2. The van der Waals surface area contributed by atoms with Gasteiger partial charge in [-0.25, -0.2) is 0 Å². The number of ether oxygens (including phenoxy) is 2. The lowest BCUT2D eigenvalue weighted by atomic mass is 10.1. The fourth-order valence-electron chi connectivity index (χ4n) is 3.36. The van der Waals surface area contributed by atoms with Crippen LogP contribution in [0, 0.1) is 0 Å². The van der Waals surface area contributed by atoms with Crippen molar-refractivity contribution in [3.63, 3.8) is 0 Å². The number of carbonyl (C=O) groups is 2. The summed E-state index contributed by atoms with van der Waals surface area (Å²) in [4.78, 5) is 30.0. The van der Waals surface area contributed by atoms with Gasteiger partial charge in [0.1, 0.15) is 0 Å². The number of piperazine rings is 1. The molecule has 0 aromatic heterocycles. The lowest BCUT2D eigenvalue weighted by molar-refractivity contribution is -0.141. The molecule has 0 unspecified atom stereocenters. The Balaban J connectivity index is 1.49. The predicted octanol–water partition coefficient (Wildman–Crippen LogP) is 1.32. The summed E-state index contributed by atoms with van der Waals surface area (Å²) in [5, 5.41) is 0. The number of hydrogen-bond acceptors (Lipinski definition) is 5. The van der Waals surface area contributed by atoms with Gasteiger partial charge in [-0.3, -0.25) is 14.5 Å². The van der Waals surface area contributed by atoms with Gasteiger partial charge in [-0.1, -0.05) is 6.07 Å². The zero-order valence-corrected chi connectivity index (χ0v) is 15.7. The third-order valence-corrected chi connectivity index (χ3v) is 4.90. The van der Waals surface area contributed by atoms with Gasteiger partial charge in [0.05, 0.1) is 6.54 Å². The standard InChI is InChI=1S/C19H27N3O4/c1-14(2)22(15(3)23)12-19(24)21-8-6-20(7-9-21)11-16-4-5-17-18(10-16)26-13-25-17/h4-5,10,14H,6-9,11-13H2,1-3H3. The Morgan fingerprint density at radius 2 is 1.81 bits per heavy atom. The van der Waals surface area contributed by atoms with Gasteiger partial charge in [0.2, 0.25) is 18.6 Å². The highest BCUT2D eigenvalue weighted by Crippen LogP contribution is 2.32.